The van der Waals surface area contributed by atoms with Crippen molar-refractivity contribution in [3.8, 4) is 0 Å². The summed E-state index contributed by atoms with van der Waals surface area (Å²) in [7, 11) is 0. The van der Waals surface area contributed by atoms with Crippen LogP contribution in [0.3, 0.4) is 0 Å². The second-order valence-electron chi connectivity index (χ2n) is 5.10. The van der Waals surface area contributed by atoms with Gasteiger partial charge in [0.1, 0.15) is 0 Å². The van der Waals surface area contributed by atoms with Gasteiger partial charge in [-0.3, -0.25) is 5.43 Å². The number of rotatable bonds is 2. The second-order valence-corrected chi connectivity index (χ2v) is 5.10. The van der Waals surface area contributed by atoms with Crippen LogP contribution in [0.5, 0.6) is 0 Å². The number of hydrazine groups is 1. The Morgan fingerprint density at radius 1 is 1.33 bits per heavy atom. The number of aromatic nitrogens is 2. The lowest BCUT2D eigenvalue weighted by atomic mass is 9.92. The number of halogens is 1. The van der Waals surface area contributed by atoms with Crippen LogP contribution in [-0.4, -0.2) is 22.6 Å². The summed E-state index contributed by atoms with van der Waals surface area (Å²) in [5.41, 5.74) is 2.38. The molecule has 0 radical (unpaired) electrons. The Balaban J connectivity index is 1.93. The van der Waals surface area contributed by atoms with E-state index in [0.717, 1.165) is 19.4 Å². The molecule has 2 atom stereocenters. The number of hydrogen-bond acceptors (Lipinski definition) is 5. The molecular weight excluding hydrogens is 233 g/mol. The number of nitrogens with zero attached hydrogens (tertiary/aromatic N) is 3. The zero-order chi connectivity index (χ0) is 12.5. The monoisotopic (exact) mass is 251 g/mol. The van der Waals surface area contributed by atoms with Gasteiger partial charge in [0.15, 0.2) is 11.6 Å². The molecule has 1 saturated heterocycles. The van der Waals surface area contributed by atoms with Crippen LogP contribution < -0.4 is 16.2 Å². The largest absolute Gasteiger partial charge is 0.351 e. The van der Waals surface area contributed by atoms with E-state index < -0.39 is 0 Å². The van der Waals surface area contributed by atoms with Crippen LogP contribution in [0.1, 0.15) is 32.1 Å². The van der Waals surface area contributed by atoms with Gasteiger partial charge in [0.2, 0.25) is 5.95 Å². The number of piperidine rings is 1. The molecule has 98 valence electrons. The van der Waals surface area contributed by atoms with Crippen molar-refractivity contribution in [3.63, 3.8) is 0 Å². The van der Waals surface area contributed by atoms with Gasteiger partial charge in [-0.2, -0.15) is 4.98 Å². The Labute approximate surface area is 106 Å². The first kappa shape index (κ1) is 11.6. The van der Waals surface area contributed by atoms with Crippen LogP contribution >= 0.6 is 0 Å². The van der Waals surface area contributed by atoms with E-state index in [2.05, 4.69) is 20.3 Å². The van der Waals surface area contributed by atoms with E-state index in [1.165, 1.54) is 25.5 Å². The maximum absolute atomic E-state index is 13.9. The summed E-state index contributed by atoms with van der Waals surface area (Å²) in [5.74, 6) is 6.29. The molecule has 3 rings (SSSR count). The molecule has 1 aliphatic heterocycles. The van der Waals surface area contributed by atoms with E-state index in [1.54, 1.807) is 0 Å². The Kier molecular flexibility index (Phi) is 3.03. The van der Waals surface area contributed by atoms with Gasteiger partial charge in [-0.15, -0.1) is 0 Å². The smallest absolute Gasteiger partial charge is 0.239 e. The fourth-order valence-electron chi connectivity index (χ4n) is 3.35. The number of nitrogens with two attached hydrogens (primary N) is 1. The van der Waals surface area contributed by atoms with Gasteiger partial charge in [0.05, 0.1) is 6.20 Å². The van der Waals surface area contributed by atoms with Crippen molar-refractivity contribution < 1.29 is 4.39 Å². The van der Waals surface area contributed by atoms with E-state index in [0.29, 0.717) is 17.8 Å². The molecule has 2 aliphatic rings. The van der Waals surface area contributed by atoms with Crippen LogP contribution in [0.15, 0.2) is 6.20 Å². The third-order valence-electron chi connectivity index (χ3n) is 4.12. The minimum absolute atomic E-state index is 0.270. The molecule has 1 aliphatic carbocycles. The van der Waals surface area contributed by atoms with E-state index in [9.17, 15) is 4.39 Å². The number of fused-ring (bicyclic) bond motifs is 1. The molecule has 0 aromatic carbocycles. The number of hydrogen-bond donors (Lipinski definition) is 2. The molecule has 1 aromatic rings. The van der Waals surface area contributed by atoms with Crippen LogP contribution in [0.4, 0.5) is 16.2 Å². The molecule has 6 heteroatoms. The third kappa shape index (κ3) is 1.90. The summed E-state index contributed by atoms with van der Waals surface area (Å²) in [6.45, 7) is 0.874. The molecule has 2 heterocycles. The average molecular weight is 251 g/mol. The van der Waals surface area contributed by atoms with Gasteiger partial charge < -0.3 is 4.90 Å². The first-order valence-corrected chi connectivity index (χ1v) is 6.55. The number of nitrogen functional groups attached to an aromatic ring is 1. The van der Waals surface area contributed by atoms with Crippen molar-refractivity contribution in [2.45, 2.75) is 38.1 Å². The normalized spacial score (nSPS) is 27.1. The van der Waals surface area contributed by atoms with Crippen LogP contribution in [0.2, 0.25) is 0 Å². The Bertz CT molecular complexity index is 438. The minimum atomic E-state index is -0.360. The zero-order valence-electron chi connectivity index (χ0n) is 10.3. The van der Waals surface area contributed by atoms with Crippen molar-refractivity contribution in [2.75, 3.05) is 16.9 Å². The van der Waals surface area contributed by atoms with Gasteiger partial charge >= 0.3 is 0 Å². The van der Waals surface area contributed by atoms with Crippen molar-refractivity contribution in [3.05, 3.63) is 12.0 Å². The van der Waals surface area contributed by atoms with E-state index in [-0.39, 0.29) is 11.8 Å². The Morgan fingerprint density at radius 2 is 2.17 bits per heavy atom. The quantitative estimate of drug-likeness (QED) is 0.618. The summed E-state index contributed by atoms with van der Waals surface area (Å²) in [6.07, 6.45) is 7.19. The maximum atomic E-state index is 13.9. The highest BCUT2D eigenvalue weighted by Gasteiger charge is 2.36. The molecule has 5 nitrogen and oxygen atoms in total. The summed E-state index contributed by atoms with van der Waals surface area (Å²) in [6, 6.07) is 0.439. The van der Waals surface area contributed by atoms with Crippen molar-refractivity contribution in [1.82, 2.24) is 9.97 Å². The van der Waals surface area contributed by atoms with Crippen LogP contribution in [0.25, 0.3) is 0 Å². The van der Waals surface area contributed by atoms with E-state index in [4.69, 9.17) is 5.84 Å². The predicted molar refractivity (Wildman–Crippen MR) is 67.5 cm³/mol. The van der Waals surface area contributed by atoms with Gasteiger partial charge in [0.25, 0.3) is 0 Å². The van der Waals surface area contributed by atoms with Gasteiger partial charge in [-0.1, -0.05) is 6.42 Å². The first-order chi connectivity index (χ1) is 8.79. The predicted octanol–water partition coefficient (Wildman–Crippen LogP) is 1.67. The third-order valence-corrected chi connectivity index (χ3v) is 4.12. The zero-order valence-corrected chi connectivity index (χ0v) is 10.3. The Morgan fingerprint density at radius 3 is 3.00 bits per heavy atom. The summed E-state index contributed by atoms with van der Waals surface area (Å²) in [5, 5.41) is 0. The molecule has 0 amide bonds. The lowest BCUT2D eigenvalue weighted by molar-refractivity contribution is 0.357. The number of anilines is 2. The maximum Gasteiger partial charge on any atom is 0.239 e. The molecule has 0 spiro atoms. The lowest BCUT2D eigenvalue weighted by Crippen LogP contribution is -2.43. The molecular formula is C12H18FN5. The molecule has 18 heavy (non-hydrogen) atoms. The topological polar surface area (TPSA) is 67.1 Å². The highest BCUT2D eigenvalue weighted by Crippen LogP contribution is 2.39. The highest BCUT2D eigenvalue weighted by atomic mass is 19.1. The second kappa shape index (κ2) is 4.68. The standard InChI is InChI=1S/C12H18FN5/c13-9-7-15-12(17-14)16-11(9)18-6-2-4-8-3-1-5-10(8)18/h7-8,10H,1-6,14H2,(H,15,16,17). The number of nitrogens with one attached hydrogen (secondary N) is 1. The Hall–Kier alpha value is -1.43. The van der Waals surface area contributed by atoms with Crippen molar-refractivity contribution in [1.29, 1.82) is 0 Å². The fraction of sp³-hybridized carbons (Fsp3) is 0.667. The van der Waals surface area contributed by atoms with Crippen molar-refractivity contribution in [2.24, 2.45) is 11.8 Å². The van der Waals surface area contributed by atoms with E-state index in [1.807, 2.05) is 0 Å². The molecule has 0 bridgehead atoms. The van der Waals surface area contributed by atoms with E-state index >= 15 is 0 Å². The molecule has 1 saturated carbocycles. The molecule has 3 N–H and O–H groups in total. The first-order valence-electron chi connectivity index (χ1n) is 6.55. The highest BCUT2D eigenvalue weighted by molar-refractivity contribution is 5.45. The lowest BCUT2D eigenvalue weighted by Gasteiger charge is -2.38. The van der Waals surface area contributed by atoms with Crippen molar-refractivity contribution >= 4 is 11.8 Å². The SMILES string of the molecule is NNc1ncc(F)c(N2CCCC3CCCC32)n1. The summed E-state index contributed by atoms with van der Waals surface area (Å²) in [4.78, 5) is 10.1. The minimum Gasteiger partial charge on any atom is -0.351 e. The molecule has 2 unspecified atom stereocenters. The molecule has 1 aromatic heterocycles. The van der Waals surface area contributed by atoms with Crippen LogP contribution in [-0.2, 0) is 0 Å². The fourth-order valence-corrected chi connectivity index (χ4v) is 3.35. The van der Waals surface area contributed by atoms with Gasteiger partial charge in [-0.05, 0) is 31.6 Å². The summed E-state index contributed by atoms with van der Waals surface area (Å²) >= 11 is 0. The van der Waals surface area contributed by atoms with Gasteiger partial charge in [-0.25, -0.2) is 15.2 Å². The van der Waals surface area contributed by atoms with Gasteiger partial charge in [0, 0.05) is 12.6 Å². The molecule has 2 fully saturated rings. The average Bonchev–Trinajstić information content (AvgIpc) is 2.87. The van der Waals surface area contributed by atoms with Crippen LogP contribution in [0, 0.1) is 11.7 Å². The summed E-state index contributed by atoms with van der Waals surface area (Å²) < 4.78 is 13.9.